The molecule has 0 aliphatic heterocycles. The van der Waals surface area contributed by atoms with Crippen LogP contribution in [0.1, 0.15) is 5.82 Å². The van der Waals surface area contributed by atoms with Crippen molar-refractivity contribution >= 4 is 35.0 Å². The van der Waals surface area contributed by atoms with Crippen LogP contribution >= 0.6 is 35.0 Å². The van der Waals surface area contributed by atoms with Gasteiger partial charge in [0.15, 0.2) is 0 Å². The molecule has 112 valence electrons. The summed E-state index contributed by atoms with van der Waals surface area (Å²) in [6, 6.07) is 14.6. The Labute approximate surface area is 141 Å². The molecule has 0 aliphatic rings. The molecule has 3 aromatic rings. The third-order valence-electron chi connectivity index (χ3n) is 2.99. The Morgan fingerprint density at radius 2 is 1.86 bits per heavy atom. The van der Waals surface area contributed by atoms with Crippen molar-refractivity contribution in [2.75, 3.05) is 0 Å². The van der Waals surface area contributed by atoms with Crippen molar-refractivity contribution in [3.05, 3.63) is 74.9 Å². The first-order chi connectivity index (χ1) is 10.6. The third kappa shape index (κ3) is 3.38. The van der Waals surface area contributed by atoms with E-state index in [-0.39, 0.29) is 5.69 Å². The van der Waals surface area contributed by atoms with Gasteiger partial charge in [-0.1, -0.05) is 29.3 Å². The Bertz CT molecular complexity index is 842. The number of thioether (sulfide) groups is 1. The number of hydrogen-bond donors (Lipinski definition) is 1. The number of nitrogens with one attached hydrogen (secondary N) is 1. The molecule has 3 rings (SSSR count). The van der Waals surface area contributed by atoms with Crippen LogP contribution in [0.5, 0.6) is 0 Å². The van der Waals surface area contributed by atoms with Crippen molar-refractivity contribution < 1.29 is 0 Å². The predicted octanol–water partition coefficient (Wildman–Crippen LogP) is 4.16. The van der Waals surface area contributed by atoms with Gasteiger partial charge in [-0.2, -0.15) is 5.10 Å². The van der Waals surface area contributed by atoms with Crippen molar-refractivity contribution in [3.8, 4) is 5.69 Å². The Morgan fingerprint density at radius 3 is 2.59 bits per heavy atom. The van der Waals surface area contributed by atoms with Crippen molar-refractivity contribution in [3.63, 3.8) is 0 Å². The molecule has 4 nitrogen and oxygen atoms in total. The number of benzene rings is 2. The van der Waals surface area contributed by atoms with Crippen molar-refractivity contribution in [1.82, 2.24) is 14.8 Å². The number of nitrogens with zero attached hydrogens (tertiary/aromatic N) is 2. The second-order valence-corrected chi connectivity index (χ2v) is 6.42. The highest BCUT2D eigenvalue weighted by Crippen LogP contribution is 2.24. The van der Waals surface area contributed by atoms with Gasteiger partial charge < -0.3 is 0 Å². The molecule has 0 spiro atoms. The van der Waals surface area contributed by atoms with Gasteiger partial charge in [0.1, 0.15) is 5.82 Å². The van der Waals surface area contributed by atoms with Crippen LogP contribution in [0.2, 0.25) is 10.0 Å². The molecule has 1 N–H and O–H groups in total. The summed E-state index contributed by atoms with van der Waals surface area (Å²) >= 11 is 13.4. The number of aromatic nitrogens is 3. The molecule has 0 fully saturated rings. The molecule has 0 unspecified atom stereocenters. The molecule has 1 aromatic heterocycles. The van der Waals surface area contributed by atoms with Gasteiger partial charge in [-0.25, -0.2) is 14.5 Å². The van der Waals surface area contributed by atoms with Gasteiger partial charge in [0.05, 0.1) is 11.4 Å². The second kappa shape index (κ2) is 6.60. The smallest absolute Gasteiger partial charge is 0.246 e. The maximum atomic E-state index is 12.0. The Kier molecular flexibility index (Phi) is 4.57. The Morgan fingerprint density at radius 1 is 1.09 bits per heavy atom. The van der Waals surface area contributed by atoms with E-state index in [9.17, 15) is 4.79 Å². The average molecular weight is 352 g/mol. The minimum absolute atomic E-state index is 0.283. The van der Waals surface area contributed by atoms with Crippen LogP contribution in [0.3, 0.4) is 0 Å². The van der Waals surface area contributed by atoms with Gasteiger partial charge in [0.25, 0.3) is 0 Å². The summed E-state index contributed by atoms with van der Waals surface area (Å²) in [5, 5.41) is 7.84. The highest BCUT2D eigenvalue weighted by molar-refractivity contribution is 7.98. The van der Waals surface area contributed by atoms with Crippen LogP contribution in [0.15, 0.2) is 58.2 Å². The summed E-state index contributed by atoms with van der Waals surface area (Å²) in [6.45, 7) is 0. The Balaban J connectivity index is 1.86. The molecule has 1 heterocycles. The van der Waals surface area contributed by atoms with E-state index in [1.165, 1.54) is 4.57 Å². The summed E-state index contributed by atoms with van der Waals surface area (Å²) in [4.78, 5) is 13.0. The van der Waals surface area contributed by atoms with Crippen LogP contribution in [0, 0.1) is 0 Å². The molecule has 7 heteroatoms. The molecule has 2 aromatic carbocycles. The second-order valence-electron chi connectivity index (χ2n) is 4.50. The van der Waals surface area contributed by atoms with Gasteiger partial charge in [0.2, 0.25) is 0 Å². The molecule has 0 bridgehead atoms. The monoisotopic (exact) mass is 351 g/mol. The lowest BCUT2D eigenvalue weighted by atomic mass is 10.3. The number of H-pyrrole nitrogens is 1. The summed E-state index contributed by atoms with van der Waals surface area (Å²) < 4.78 is 1.52. The fourth-order valence-corrected chi connectivity index (χ4v) is 3.12. The van der Waals surface area contributed by atoms with Crippen LogP contribution in [-0.4, -0.2) is 14.8 Å². The maximum absolute atomic E-state index is 12.0. The molecule has 0 amide bonds. The van der Waals surface area contributed by atoms with Crippen molar-refractivity contribution in [2.45, 2.75) is 10.6 Å². The minimum Gasteiger partial charge on any atom is -0.246 e. The molecular weight excluding hydrogens is 341 g/mol. The first-order valence-corrected chi connectivity index (χ1v) is 8.18. The molecular formula is C15H11Cl2N3OS. The first-order valence-electron chi connectivity index (χ1n) is 6.44. The van der Waals surface area contributed by atoms with Crippen LogP contribution < -0.4 is 5.69 Å². The first kappa shape index (κ1) is 15.2. The van der Waals surface area contributed by atoms with Crippen molar-refractivity contribution in [2.24, 2.45) is 0 Å². The topological polar surface area (TPSA) is 50.7 Å². The lowest BCUT2D eigenvalue weighted by Gasteiger charge is -2.06. The summed E-state index contributed by atoms with van der Waals surface area (Å²) in [5.41, 5.74) is 0.409. The standard InChI is InChI=1S/C15H11Cl2N3OS/c16-10-4-6-13(7-5-10)22-9-14-18-19-15(21)20(14)12-3-1-2-11(17)8-12/h1-8H,9H2,(H,19,21). The SMILES string of the molecule is O=c1[nH]nc(CSc2ccc(Cl)cc2)n1-c1cccc(Cl)c1. The molecule has 0 saturated carbocycles. The van der Waals surface area contributed by atoms with Gasteiger partial charge >= 0.3 is 5.69 Å². The van der Waals surface area contributed by atoms with Crippen LogP contribution in [0.25, 0.3) is 5.69 Å². The maximum Gasteiger partial charge on any atom is 0.347 e. The highest BCUT2D eigenvalue weighted by atomic mass is 35.5. The van der Waals surface area contributed by atoms with E-state index >= 15 is 0 Å². The normalized spacial score (nSPS) is 10.8. The van der Waals surface area contributed by atoms with Gasteiger partial charge in [-0.15, -0.1) is 11.8 Å². The van der Waals surface area contributed by atoms with Gasteiger partial charge in [-0.3, -0.25) is 0 Å². The zero-order valence-electron chi connectivity index (χ0n) is 11.3. The van der Waals surface area contributed by atoms with Gasteiger partial charge in [-0.05, 0) is 42.5 Å². The molecule has 22 heavy (non-hydrogen) atoms. The average Bonchev–Trinajstić information content (AvgIpc) is 2.87. The zero-order chi connectivity index (χ0) is 15.5. The van der Waals surface area contributed by atoms with Crippen LogP contribution in [-0.2, 0) is 5.75 Å². The number of halogens is 2. The highest BCUT2D eigenvalue weighted by Gasteiger charge is 2.11. The minimum atomic E-state index is -0.283. The zero-order valence-corrected chi connectivity index (χ0v) is 13.6. The van der Waals surface area contributed by atoms with Crippen LogP contribution in [0.4, 0.5) is 0 Å². The summed E-state index contributed by atoms with van der Waals surface area (Å²) in [7, 11) is 0. The molecule has 0 atom stereocenters. The lowest BCUT2D eigenvalue weighted by Crippen LogP contribution is -2.16. The van der Waals surface area contributed by atoms with E-state index in [1.54, 1.807) is 30.0 Å². The quantitative estimate of drug-likeness (QED) is 0.718. The predicted molar refractivity (Wildman–Crippen MR) is 90.2 cm³/mol. The number of aromatic amines is 1. The molecule has 0 saturated heterocycles. The van der Waals surface area contributed by atoms with Crippen molar-refractivity contribution in [1.29, 1.82) is 0 Å². The molecule has 0 radical (unpaired) electrons. The summed E-state index contributed by atoms with van der Waals surface area (Å²) in [5.74, 6) is 1.18. The molecule has 0 aliphatic carbocycles. The Hall–Kier alpha value is -1.69. The van der Waals surface area contributed by atoms with E-state index < -0.39 is 0 Å². The van der Waals surface area contributed by atoms with E-state index in [1.807, 2.05) is 30.3 Å². The third-order valence-corrected chi connectivity index (χ3v) is 4.48. The van der Waals surface area contributed by atoms with E-state index in [4.69, 9.17) is 23.2 Å². The largest absolute Gasteiger partial charge is 0.347 e. The summed E-state index contributed by atoms with van der Waals surface area (Å²) in [6.07, 6.45) is 0. The van der Waals surface area contributed by atoms with Gasteiger partial charge in [0, 0.05) is 14.9 Å². The fourth-order valence-electron chi connectivity index (χ4n) is 1.99. The number of hydrogen-bond acceptors (Lipinski definition) is 3. The fraction of sp³-hybridized carbons (Fsp3) is 0.0667. The van der Waals surface area contributed by atoms with E-state index in [0.717, 1.165) is 4.90 Å². The van der Waals surface area contributed by atoms with E-state index in [0.29, 0.717) is 27.3 Å². The van der Waals surface area contributed by atoms with E-state index in [2.05, 4.69) is 10.2 Å². The lowest BCUT2D eigenvalue weighted by molar-refractivity contribution is 0.933. The number of rotatable bonds is 4.